The molecular weight excluding hydrogens is 352 g/mol. The van der Waals surface area contributed by atoms with Crippen LogP contribution in [0.5, 0.6) is 11.5 Å². The molecule has 5 heteroatoms. The molecule has 0 fully saturated rings. The van der Waals surface area contributed by atoms with E-state index in [9.17, 15) is 9.90 Å². The summed E-state index contributed by atoms with van der Waals surface area (Å²) in [5.41, 5.74) is 6.15. The van der Waals surface area contributed by atoms with Gasteiger partial charge < -0.3 is 15.2 Å². The van der Waals surface area contributed by atoms with Gasteiger partial charge in [0.15, 0.2) is 11.5 Å². The van der Waals surface area contributed by atoms with E-state index < -0.39 is 5.97 Å². The minimum absolute atomic E-state index is 0.0132. The topological polar surface area (TPSA) is 82.4 Å². The molecule has 4 rings (SSSR count). The SMILES string of the molecule is Cc1ccc(Cc2ccc3c(c2)Nc2c(cc(C#N)cc2C(=O)O)O3)cc1C. The van der Waals surface area contributed by atoms with Gasteiger partial charge in [-0.2, -0.15) is 5.26 Å². The molecular formula is C23H18N2O3. The number of ether oxygens (including phenoxy) is 1. The highest BCUT2D eigenvalue weighted by Crippen LogP contribution is 2.44. The summed E-state index contributed by atoms with van der Waals surface area (Å²) in [5.74, 6) is -0.173. The van der Waals surface area contributed by atoms with Gasteiger partial charge >= 0.3 is 5.97 Å². The number of fused-ring (bicyclic) bond motifs is 2. The lowest BCUT2D eigenvalue weighted by Crippen LogP contribution is -2.10. The third-order valence-electron chi connectivity index (χ3n) is 4.96. The van der Waals surface area contributed by atoms with Crippen molar-refractivity contribution in [1.82, 2.24) is 0 Å². The first kappa shape index (κ1) is 17.6. The molecule has 1 heterocycles. The number of nitriles is 1. The fourth-order valence-electron chi connectivity index (χ4n) is 3.33. The second-order valence-corrected chi connectivity index (χ2v) is 6.97. The van der Waals surface area contributed by atoms with Gasteiger partial charge in [-0.3, -0.25) is 0 Å². The summed E-state index contributed by atoms with van der Waals surface area (Å²) in [6, 6.07) is 17.1. The number of carboxylic acid groups (broad SMARTS) is 1. The molecule has 0 atom stereocenters. The zero-order valence-corrected chi connectivity index (χ0v) is 15.5. The molecule has 2 N–H and O–H groups in total. The Bertz CT molecular complexity index is 1160. The molecule has 0 spiro atoms. The van der Waals surface area contributed by atoms with Crippen LogP contribution in [0.3, 0.4) is 0 Å². The molecule has 1 aliphatic heterocycles. The summed E-state index contributed by atoms with van der Waals surface area (Å²) in [7, 11) is 0. The standard InChI is InChI=1S/C23H18N2O3/c1-13-3-4-15(7-14(13)2)8-16-5-6-20-19(10-16)25-22-18(23(26)27)9-17(12-24)11-21(22)28-20/h3-7,9-11,25H,8H2,1-2H3,(H,26,27). The number of nitrogens with one attached hydrogen (secondary N) is 1. The number of carboxylic acids is 1. The van der Waals surface area contributed by atoms with Gasteiger partial charge in [-0.05, 0) is 60.7 Å². The quantitative estimate of drug-likeness (QED) is 0.510. The van der Waals surface area contributed by atoms with E-state index in [1.165, 1.54) is 22.8 Å². The zero-order chi connectivity index (χ0) is 19.8. The van der Waals surface area contributed by atoms with Crippen LogP contribution in [0.1, 0.15) is 38.2 Å². The van der Waals surface area contributed by atoms with Crippen LogP contribution < -0.4 is 10.1 Å². The van der Waals surface area contributed by atoms with E-state index in [0.717, 1.165) is 12.0 Å². The van der Waals surface area contributed by atoms with Gasteiger partial charge in [-0.25, -0.2) is 4.79 Å². The minimum Gasteiger partial charge on any atom is -0.478 e. The largest absolute Gasteiger partial charge is 0.478 e. The Kier molecular flexibility index (Phi) is 4.25. The normalized spacial score (nSPS) is 11.5. The predicted molar refractivity (Wildman–Crippen MR) is 107 cm³/mol. The van der Waals surface area contributed by atoms with Gasteiger partial charge in [0.2, 0.25) is 0 Å². The number of aromatic carboxylic acids is 1. The van der Waals surface area contributed by atoms with E-state index in [1.807, 2.05) is 24.3 Å². The Morgan fingerprint density at radius 3 is 2.50 bits per heavy atom. The van der Waals surface area contributed by atoms with Crippen LogP contribution in [0.2, 0.25) is 0 Å². The molecule has 0 saturated carbocycles. The van der Waals surface area contributed by atoms with Crippen LogP contribution in [0, 0.1) is 25.2 Å². The molecule has 5 nitrogen and oxygen atoms in total. The van der Waals surface area contributed by atoms with Crippen LogP contribution in [-0.4, -0.2) is 11.1 Å². The number of hydrogen-bond acceptors (Lipinski definition) is 4. The molecule has 0 radical (unpaired) electrons. The average molecular weight is 370 g/mol. The molecule has 0 unspecified atom stereocenters. The fraction of sp³-hybridized carbons (Fsp3) is 0.130. The molecule has 28 heavy (non-hydrogen) atoms. The Labute approximate surface area is 162 Å². The van der Waals surface area contributed by atoms with Crippen molar-refractivity contribution in [3.63, 3.8) is 0 Å². The van der Waals surface area contributed by atoms with E-state index in [0.29, 0.717) is 22.9 Å². The summed E-state index contributed by atoms with van der Waals surface area (Å²) in [6.45, 7) is 4.19. The molecule has 3 aromatic rings. The maximum Gasteiger partial charge on any atom is 0.338 e. The second kappa shape index (κ2) is 6.75. The number of nitrogens with zero attached hydrogens (tertiary/aromatic N) is 1. The molecule has 0 aliphatic carbocycles. The van der Waals surface area contributed by atoms with Crippen molar-refractivity contribution in [2.24, 2.45) is 0 Å². The van der Waals surface area contributed by atoms with Crippen molar-refractivity contribution in [3.8, 4) is 17.6 Å². The third kappa shape index (κ3) is 3.17. The van der Waals surface area contributed by atoms with Gasteiger partial charge in [-0.15, -0.1) is 0 Å². The predicted octanol–water partition coefficient (Wildman–Crippen LogP) is 5.31. The van der Waals surface area contributed by atoms with Gasteiger partial charge in [0.05, 0.1) is 28.6 Å². The van der Waals surface area contributed by atoms with E-state index >= 15 is 0 Å². The number of hydrogen-bond donors (Lipinski definition) is 2. The van der Waals surface area contributed by atoms with Crippen LogP contribution in [0.15, 0.2) is 48.5 Å². The number of benzene rings is 3. The average Bonchev–Trinajstić information content (AvgIpc) is 2.68. The Morgan fingerprint density at radius 1 is 1.04 bits per heavy atom. The highest BCUT2D eigenvalue weighted by molar-refractivity contribution is 5.99. The summed E-state index contributed by atoms with van der Waals surface area (Å²) in [5, 5.41) is 21.8. The lowest BCUT2D eigenvalue weighted by molar-refractivity contribution is 0.0697. The van der Waals surface area contributed by atoms with Gasteiger partial charge in [0, 0.05) is 6.07 Å². The molecule has 0 aromatic heterocycles. The maximum absolute atomic E-state index is 11.6. The first-order valence-corrected chi connectivity index (χ1v) is 8.90. The van der Waals surface area contributed by atoms with Crippen LogP contribution >= 0.6 is 0 Å². The molecule has 1 aliphatic rings. The maximum atomic E-state index is 11.6. The summed E-state index contributed by atoms with van der Waals surface area (Å²) < 4.78 is 5.87. The Morgan fingerprint density at radius 2 is 1.79 bits per heavy atom. The zero-order valence-electron chi connectivity index (χ0n) is 15.5. The van der Waals surface area contributed by atoms with Crippen molar-refractivity contribution >= 4 is 17.3 Å². The molecule has 0 saturated heterocycles. The van der Waals surface area contributed by atoms with Crippen molar-refractivity contribution in [2.75, 3.05) is 5.32 Å². The van der Waals surface area contributed by atoms with Crippen molar-refractivity contribution in [2.45, 2.75) is 20.3 Å². The highest BCUT2D eigenvalue weighted by Gasteiger charge is 2.24. The number of aryl methyl sites for hydroxylation is 2. The summed E-state index contributed by atoms with van der Waals surface area (Å²) in [6.07, 6.45) is 0.766. The lowest BCUT2D eigenvalue weighted by Gasteiger charge is -2.24. The first-order valence-electron chi connectivity index (χ1n) is 8.90. The van der Waals surface area contributed by atoms with Gasteiger partial charge in [-0.1, -0.05) is 24.3 Å². The van der Waals surface area contributed by atoms with Gasteiger partial charge in [0.1, 0.15) is 0 Å². The van der Waals surface area contributed by atoms with E-state index in [4.69, 9.17) is 10.00 Å². The fourth-order valence-corrected chi connectivity index (χ4v) is 3.33. The summed E-state index contributed by atoms with van der Waals surface area (Å²) >= 11 is 0. The minimum atomic E-state index is -1.11. The summed E-state index contributed by atoms with van der Waals surface area (Å²) in [4.78, 5) is 11.6. The van der Waals surface area contributed by atoms with E-state index in [1.54, 1.807) is 6.07 Å². The Balaban J connectivity index is 1.68. The number of anilines is 2. The van der Waals surface area contributed by atoms with Crippen molar-refractivity contribution < 1.29 is 14.6 Å². The Hall–Kier alpha value is -3.78. The van der Waals surface area contributed by atoms with E-state index in [2.05, 4.69) is 37.4 Å². The van der Waals surface area contributed by atoms with E-state index in [-0.39, 0.29) is 11.1 Å². The smallest absolute Gasteiger partial charge is 0.338 e. The molecule has 138 valence electrons. The molecule has 0 bridgehead atoms. The van der Waals surface area contributed by atoms with Crippen molar-refractivity contribution in [3.05, 3.63) is 81.9 Å². The number of carbonyl (C=O) groups is 1. The molecule has 3 aromatic carbocycles. The van der Waals surface area contributed by atoms with Crippen molar-refractivity contribution in [1.29, 1.82) is 5.26 Å². The third-order valence-corrected chi connectivity index (χ3v) is 4.96. The second-order valence-electron chi connectivity index (χ2n) is 6.97. The first-order chi connectivity index (χ1) is 13.4. The molecule has 0 amide bonds. The lowest BCUT2D eigenvalue weighted by atomic mass is 9.99. The number of rotatable bonds is 3. The van der Waals surface area contributed by atoms with Crippen LogP contribution in [-0.2, 0) is 6.42 Å². The van der Waals surface area contributed by atoms with Crippen LogP contribution in [0.25, 0.3) is 0 Å². The van der Waals surface area contributed by atoms with Crippen LogP contribution in [0.4, 0.5) is 11.4 Å². The monoisotopic (exact) mass is 370 g/mol. The van der Waals surface area contributed by atoms with Gasteiger partial charge in [0.25, 0.3) is 0 Å². The highest BCUT2D eigenvalue weighted by atomic mass is 16.5.